The van der Waals surface area contributed by atoms with Crippen LogP contribution in [0.15, 0.2) is 49.4 Å². The summed E-state index contributed by atoms with van der Waals surface area (Å²) in [4.78, 5) is 16.9. The van der Waals surface area contributed by atoms with E-state index in [1.54, 1.807) is 18.2 Å². The van der Waals surface area contributed by atoms with Crippen molar-refractivity contribution in [3.8, 4) is 5.75 Å². The van der Waals surface area contributed by atoms with E-state index in [1.165, 1.54) is 22.2 Å². The number of aromatic nitrogens is 1. The minimum absolute atomic E-state index is 0.0234. The fourth-order valence-electron chi connectivity index (χ4n) is 4.52. The molecule has 0 saturated heterocycles. The van der Waals surface area contributed by atoms with Crippen molar-refractivity contribution in [3.63, 3.8) is 0 Å². The minimum atomic E-state index is -3.81. The number of anilines is 1. The highest BCUT2D eigenvalue weighted by Gasteiger charge is 2.30. The van der Waals surface area contributed by atoms with E-state index in [4.69, 9.17) is 4.42 Å². The molecule has 1 atom stereocenters. The first kappa shape index (κ1) is 23.5. The van der Waals surface area contributed by atoms with E-state index in [9.17, 15) is 18.3 Å². The first-order valence-corrected chi connectivity index (χ1v) is 13.6. The predicted molar refractivity (Wildman–Crippen MR) is 129 cm³/mol. The molecule has 2 heterocycles. The normalized spacial score (nSPS) is 15.5. The maximum atomic E-state index is 13.1. The minimum Gasteiger partial charge on any atom is -0.507 e. The molecule has 0 radical (unpaired) electrons. The van der Waals surface area contributed by atoms with Crippen molar-refractivity contribution >= 4 is 27.0 Å². The number of hydrogen-bond donors (Lipinski definition) is 2. The average Bonchev–Trinajstić information content (AvgIpc) is 3.28. The van der Waals surface area contributed by atoms with Gasteiger partial charge in [-0.3, -0.25) is 4.72 Å². The molecule has 176 valence electrons. The van der Waals surface area contributed by atoms with E-state index in [1.807, 2.05) is 19.9 Å². The van der Waals surface area contributed by atoms with Crippen molar-refractivity contribution in [1.29, 1.82) is 0 Å². The zero-order chi connectivity index (χ0) is 23.6. The van der Waals surface area contributed by atoms with Crippen LogP contribution in [0.1, 0.15) is 67.9 Å². The van der Waals surface area contributed by atoms with Gasteiger partial charge < -0.3 is 9.52 Å². The molecule has 33 heavy (non-hydrogen) atoms. The lowest BCUT2D eigenvalue weighted by Gasteiger charge is -2.24. The Morgan fingerprint density at radius 2 is 1.91 bits per heavy atom. The molecule has 2 N–H and O–H groups in total. The molecule has 1 aliphatic rings. The van der Waals surface area contributed by atoms with Gasteiger partial charge in [0.25, 0.3) is 10.0 Å². The Kier molecular flexibility index (Phi) is 6.90. The number of rotatable bonds is 6. The third-order valence-electron chi connectivity index (χ3n) is 6.05. The lowest BCUT2D eigenvalue weighted by molar-refractivity contribution is 0.376. The van der Waals surface area contributed by atoms with Gasteiger partial charge in [-0.25, -0.2) is 9.78 Å². The highest BCUT2D eigenvalue weighted by molar-refractivity contribution is 7.92. The Morgan fingerprint density at radius 3 is 2.61 bits per heavy atom. The van der Waals surface area contributed by atoms with Crippen LogP contribution in [-0.4, -0.2) is 18.5 Å². The van der Waals surface area contributed by atoms with Gasteiger partial charge in [-0.2, -0.15) is 8.42 Å². The standard InChI is InChI=1S/C24H28N2O5S2/c1-15(2)21(22-23(27)18-10-5-3-4-6-11-19(18)31-24(22)28)16-8-7-9-17(12-16)26-33(29,30)20-13-32-14-25-20/h7-9,12-15,21,26-27H,3-6,10-11H2,1-2H3. The van der Waals surface area contributed by atoms with Crippen molar-refractivity contribution in [2.75, 3.05) is 4.72 Å². The van der Waals surface area contributed by atoms with Gasteiger partial charge in [-0.15, -0.1) is 11.3 Å². The number of thiazole rings is 1. The van der Waals surface area contributed by atoms with Crippen molar-refractivity contribution in [2.24, 2.45) is 5.92 Å². The molecule has 7 nitrogen and oxygen atoms in total. The van der Waals surface area contributed by atoms with Gasteiger partial charge in [0.1, 0.15) is 11.5 Å². The summed E-state index contributed by atoms with van der Waals surface area (Å²) in [5.74, 6) is 0.111. The largest absolute Gasteiger partial charge is 0.507 e. The van der Waals surface area contributed by atoms with Crippen LogP contribution in [0.25, 0.3) is 0 Å². The summed E-state index contributed by atoms with van der Waals surface area (Å²) in [5, 5.41) is 12.6. The molecular formula is C24H28N2O5S2. The third kappa shape index (κ3) is 4.99. The van der Waals surface area contributed by atoms with Crippen molar-refractivity contribution < 1.29 is 17.9 Å². The molecule has 3 aromatic rings. The van der Waals surface area contributed by atoms with E-state index < -0.39 is 21.6 Å². The third-order valence-corrected chi connectivity index (χ3v) is 8.07. The van der Waals surface area contributed by atoms with E-state index in [2.05, 4.69) is 9.71 Å². The monoisotopic (exact) mass is 488 g/mol. The number of benzene rings is 1. The molecule has 0 saturated carbocycles. The first-order chi connectivity index (χ1) is 15.8. The Balaban J connectivity index is 1.75. The molecule has 4 rings (SSSR count). The Morgan fingerprint density at radius 1 is 1.15 bits per heavy atom. The van der Waals surface area contributed by atoms with Crippen LogP contribution in [0, 0.1) is 5.92 Å². The molecular weight excluding hydrogens is 460 g/mol. The maximum Gasteiger partial charge on any atom is 0.343 e. The van der Waals surface area contributed by atoms with Crippen LogP contribution in [0.5, 0.6) is 5.75 Å². The number of nitrogens with zero attached hydrogens (tertiary/aromatic N) is 1. The predicted octanol–water partition coefficient (Wildman–Crippen LogP) is 5.05. The highest BCUT2D eigenvalue weighted by atomic mass is 32.2. The van der Waals surface area contributed by atoms with E-state index >= 15 is 0 Å². The highest BCUT2D eigenvalue weighted by Crippen LogP contribution is 2.39. The summed E-state index contributed by atoms with van der Waals surface area (Å²) in [6.07, 6.45) is 5.37. The summed E-state index contributed by atoms with van der Waals surface area (Å²) in [7, 11) is -3.81. The molecule has 0 spiro atoms. The molecule has 1 aromatic carbocycles. The van der Waals surface area contributed by atoms with Gasteiger partial charge >= 0.3 is 5.63 Å². The van der Waals surface area contributed by atoms with Gasteiger partial charge in [-0.05, 0) is 42.9 Å². The van der Waals surface area contributed by atoms with Crippen LogP contribution >= 0.6 is 11.3 Å². The molecule has 0 fully saturated rings. The smallest absolute Gasteiger partial charge is 0.343 e. The summed E-state index contributed by atoms with van der Waals surface area (Å²) in [6, 6.07) is 6.91. The van der Waals surface area contributed by atoms with E-state index in [0.29, 0.717) is 24.3 Å². The van der Waals surface area contributed by atoms with Crippen molar-refractivity contribution in [3.05, 3.63) is 68.0 Å². The van der Waals surface area contributed by atoms with Gasteiger partial charge in [0, 0.05) is 29.0 Å². The van der Waals surface area contributed by atoms with Crippen molar-refractivity contribution in [2.45, 2.75) is 63.3 Å². The Bertz CT molecular complexity index is 1280. The second kappa shape index (κ2) is 9.69. The summed E-state index contributed by atoms with van der Waals surface area (Å²) >= 11 is 1.20. The van der Waals surface area contributed by atoms with Gasteiger partial charge in [0.2, 0.25) is 0 Å². The molecule has 1 unspecified atom stereocenters. The number of hydrogen-bond acceptors (Lipinski definition) is 7. The van der Waals surface area contributed by atoms with E-state index in [-0.39, 0.29) is 22.3 Å². The van der Waals surface area contributed by atoms with Crippen LogP contribution in [0.2, 0.25) is 0 Å². The van der Waals surface area contributed by atoms with Crippen molar-refractivity contribution in [1.82, 2.24) is 4.98 Å². The lowest BCUT2D eigenvalue weighted by atomic mass is 9.81. The summed E-state index contributed by atoms with van der Waals surface area (Å²) < 4.78 is 33.5. The quantitative estimate of drug-likeness (QED) is 0.502. The number of nitrogens with one attached hydrogen (secondary N) is 1. The zero-order valence-electron chi connectivity index (χ0n) is 18.7. The topological polar surface area (TPSA) is 110 Å². The Labute approximate surface area is 197 Å². The average molecular weight is 489 g/mol. The fraction of sp³-hybridized carbons (Fsp3) is 0.417. The Hall–Kier alpha value is -2.65. The molecule has 2 aromatic heterocycles. The second-order valence-electron chi connectivity index (χ2n) is 8.75. The molecule has 1 aliphatic carbocycles. The van der Waals surface area contributed by atoms with Crippen LogP contribution in [-0.2, 0) is 22.9 Å². The molecule has 0 bridgehead atoms. The lowest BCUT2D eigenvalue weighted by Crippen LogP contribution is -2.21. The zero-order valence-corrected chi connectivity index (χ0v) is 20.3. The number of sulfonamides is 1. The molecule has 9 heteroatoms. The fourth-order valence-corrected chi connectivity index (χ4v) is 6.40. The summed E-state index contributed by atoms with van der Waals surface area (Å²) in [6.45, 7) is 3.93. The number of aromatic hydroxyl groups is 1. The van der Waals surface area contributed by atoms with Crippen LogP contribution in [0.4, 0.5) is 5.69 Å². The van der Waals surface area contributed by atoms with Crippen LogP contribution < -0.4 is 10.3 Å². The molecule has 0 aliphatic heterocycles. The van der Waals surface area contributed by atoms with E-state index in [0.717, 1.165) is 36.8 Å². The van der Waals surface area contributed by atoms with Crippen LogP contribution in [0.3, 0.4) is 0 Å². The number of aryl methyl sites for hydroxylation is 1. The number of fused-ring (bicyclic) bond motifs is 1. The first-order valence-electron chi connectivity index (χ1n) is 11.2. The van der Waals surface area contributed by atoms with Gasteiger partial charge in [0.15, 0.2) is 5.03 Å². The SMILES string of the molecule is CC(C)C(c1cccc(NS(=O)(=O)c2cscn2)c1)c1c(O)c2c(oc1=O)CCCCCC2. The van der Waals surface area contributed by atoms with Gasteiger partial charge in [0.05, 0.1) is 11.1 Å². The van der Waals surface area contributed by atoms with Gasteiger partial charge in [-0.1, -0.05) is 38.8 Å². The summed E-state index contributed by atoms with van der Waals surface area (Å²) in [5.41, 5.74) is 2.98. The maximum absolute atomic E-state index is 13.1. The molecule has 0 amide bonds. The second-order valence-corrected chi connectivity index (χ2v) is 11.1.